The predicted octanol–water partition coefficient (Wildman–Crippen LogP) is 0.892. The molecule has 1 aliphatic rings. The molecule has 0 saturated heterocycles. The molecule has 0 spiro atoms. The van der Waals surface area contributed by atoms with Gasteiger partial charge in [-0.2, -0.15) is 0 Å². The van der Waals surface area contributed by atoms with E-state index in [1.165, 1.54) is 12.8 Å². The lowest BCUT2D eigenvalue weighted by atomic mass is 10.4. The van der Waals surface area contributed by atoms with Crippen molar-refractivity contribution in [3.8, 4) is 0 Å². The van der Waals surface area contributed by atoms with E-state index in [2.05, 4.69) is 27.7 Å². The van der Waals surface area contributed by atoms with Crippen LogP contribution in [0, 0.1) is 0 Å². The number of aromatic nitrogens is 1. The van der Waals surface area contributed by atoms with Crippen LogP contribution in [0.2, 0.25) is 0 Å². The molecule has 0 atom stereocenters. The van der Waals surface area contributed by atoms with Crippen LogP contribution >= 0.6 is 0 Å². The first-order chi connectivity index (χ1) is 7.38. The number of nitrogens with one attached hydrogen (secondary N) is 2. The van der Waals surface area contributed by atoms with Gasteiger partial charge in [0.25, 0.3) is 0 Å². The van der Waals surface area contributed by atoms with Gasteiger partial charge >= 0.3 is 0 Å². The molecule has 0 aromatic carbocycles. The van der Waals surface area contributed by atoms with Crippen LogP contribution in [0.25, 0.3) is 0 Å². The maximum Gasteiger partial charge on any atom is 0.191 e. The first-order valence-electron chi connectivity index (χ1n) is 5.32. The van der Waals surface area contributed by atoms with Gasteiger partial charge in [0.05, 0.1) is 6.54 Å². The van der Waals surface area contributed by atoms with Crippen molar-refractivity contribution in [2.45, 2.75) is 32.4 Å². The molecule has 0 aliphatic heterocycles. The molecule has 5 nitrogen and oxygen atoms in total. The minimum Gasteiger partial charge on any atom is -0.364 e. The van der Waals surface area contributed by atoms with Crippen molar-refractivity contribution in [1.82, 2.24) is 15.8 Å². The Morgan fingerprint density at radius 3 is 3.13 bits per heavy atom. The van der Waals surface area contributed by atoms with Gasteiger partial charge in [-0.25, -0.2) is 4.99 Å². The lowest BCUT2D eigenvalue weighted by Crippen LogP contribution is -2.38. The van der Waals surface area contributed by atoms with E-state index in [9.17, 15) is 0 Å². The molecular weight excluding hydrogens is 192 g/mol. The number of hydrogen-bond acceptors (Lipinski definition) is 3. The van der Waals surface area contributed by atoms with E-state index < -0.39 is 0 Å². The Bertz CT molecular complexity index is 316. The van der Waals surface area contributed by atoms with Gasteiger partial charge in [-0.1, -0.05) is 5.16 Å². The van der Waals surface area contributed by atoms with Gasteiger partial charge in [0.2, 0.25) is 0 Å². The average molecular weight is 208 g/mol. The van der Waals surface area contributed by atoms with Crippen LogP contribution in [-0.2, 0) is 6.54 Å². The molecule has 5 heteroatoms. The number of aliphatic imine (C=N–C) groups is 1. The molecule has 1 aliphatic carbocycles. The van der Waals surface area contributed by atoms with E-state index in [4.69, 9.17) is 4.52 Å². The minimum atomic E-state index is 0.554. The highest BCUT2D eigenvalue weighted by molar-refractivity contribution is 5.80. The summed E-state index contributed by atoms with van der Waals surface area (Å²) < 4.78 is 4.74. The summed E-state index contributed by atoms with van der Waals surface area (Å²) in [5.41, 5.74) is 0.850. The second-order valence-electron chi connectivity index (χ2n) is 3.60. The summed E-state index contributed by atoms with van der Waals surface area (Å²) in [5, 5.41) is 10.3. The van der Waals surface area contributed by atoms with Crippen LogP contribution in [0.1, 0.15) is 25.5 Å². The zero-order valence-corrected chi connectivity index (χ0v) is 8.86. The summed E-state index contributed by atoms with van der Waals surface area (Å²) in [6.45, 7) is 3.48. The second-order valence-corrected chi connectivity index (χ2v) is 3.60. The van der Waals surface area contributed by atoms with Crippen molar-refractivity contribution in [1.29, 1.82) is 0 Å². The van der Waals surface area contributed by atoms with E-state index in [0.29, 0.717) is 12.6 Å². The zero-order valence-electron chi connectivity index (χ0n) is 8.86. The fourth-order valence-electron chi connectivity index (χ4n) is 1.22. The fourth-order valence-corrected chi connectivity index (χ4v) is 1.22. The maximum absolute atomic E-state index is 4.74. The molecule has 1 aromatic heterocycles. The van der Waals surface area contributed by atoms with Crippen molar-refractivity contribution >= 4 is 5.96 Å². The van der Waals surface area contributed by atoms with Crippen LogP contribution in [0.15, 0.2) is 21.8 Å². The molecule has 2 rings (SSSR count). The summed E-state index contributed by atoms with van der Waals surface area (Å²) in [6.07, 6.45) is 4.05. The fraction of sp³-hybridized carbons (Fsp3) is 0.600. The molecule has 2 N–H and O–H groups in total. The summed E-state index contributed by atoms with van der Waals surface area (Å²) in [6, 6.07) is 2.43. The molecule has 0 bridgehead atoms. The maximum atomic E-state index is 4.74. The Morgan fingerprint density at radius 2 is 2.53 bits per heavy atom. The van der Waals surface area contributed by atoms with Gasteiger partial charge in [0, 0.05) is 18.7 Å². The summed E-state index contributed by atoms with van der Waals surface area (Å²) in [4.78, 5) is 4.41. The molecule has 1 heterocycles. The third kappa shape index (κ3) is 3.27. The Kier molecular flexibility index (Phi) is 3.22. The van der Waals surface area contributed by atoms with Crippen molar-refractivity contribution in [3.05, 3.63) is 18.0 Å². The topological polar surface area (TPSA) is 62.5 Å². The average Bonchev–Trinajstić information content (AvgIpc) is 2.90. The highest BCUT2D eigenvalue weighted by Gasteiger charge is 2.21. The SMILES string of the molecule is CCNC(=NCc1ccon1)NC1CC1. The van der Waals surface area contributed by atoms with E-state index >= 15 is 0 Å². The van der Waals surface area contributed by atoms with E-state index in [1.54, 1.807) is 6.26 Å². The molecule has 82 valence electrons. The second kappa shape index (κ2) is 4.82. The van der Waals surface area contributed by atoms with Gasteiger partial charge in [-0.15, -0.1) is 0 Å². The normalized spacial score (nSPS) is 16.5. The Morgan fingerprint density at radius 1 is 1.67 bits per heavy atom. The van der Waals surface area contributed by atoms with E-state index in [-0.39, 0.29) is 0 Å². The molecular formula is C10H16N4O. The van der Waals surface area contributed by atoms with Gasteiger partial charge in [0.1, 0.15) is 12.0 Å². The molecule has 1 aromatic rings. The number of nitrogens with zero attached hydrogens (tertiary/aromatic N) is 2. The summed E-state index contributed by atoms with van der Waals surface area (Å²) in [5.74, 6) is 0.864. The molecule has 1 fully saturated rings. The molecule has 1 saturated carbocycles. The molecule has 0 radical (unpaired) electrons. The quantitative estimate of drug-likeness (QED) is 0.570. The first-order valence-corrected chi connectivity index (χ1v) is 5.32. The number of rotatable bonds is 4. The third-order valence-corrected chi connectivity index (χ3v) is 2.15. The molecule has 0 amide bonds. The van der Waals surface area contributed by atoms with Crippen molar-refractivity contribution in [3.63, 3.8) is 0 Å². The molecule has 15 heavy (non-hydrogen) atoms. The Labute approximate surface area is 88.9 Å². The van der Waals surface area contributed by atoms with Gasteiger partial charge < -0.3 is 15.2 Å². The Balaban J connectivity index is 1.87. The summed E-state index contributed by atoms with van der Waals surface area (Å²) in [7, 11) is 0. The van der Waals surface area contributed by atoms with Crippen LogP contribution < -0.4 is 10.6 Å². The minimum absolute atomic E-state index is 0.554. The van der Waals surface area contributed by atoms with Gasteiger partial charge in [-0.05, 0) is 19.8 Å². The van der Waals surface area contributed by atoms with Crippen molar-refractivity contribution in [2.75, 3.05) is 6.54 Å². The first kappa shape index (κ1) is 10.0. The third-order valence-electron chi connectivity index (χ3n) is 2.15. The largest absolute Gasteiger partial charge is 0.364 e. The number of hydrogen-bond donors (Lipinski definition) is 2. The van der Waals surface area contributed by atoms with Crippen LogP contribution in [0.5, 0.6) is 0 Å². The highest BCUT2D eigenvalue weighted by Crippen LogP contribution is 2.18. The summed E-state index contributed by atoms with van der Waals surface area (Å²) >= 11 is 0. The Hall–Kier alpha value is -1.52. The van der Waals surface area contributed by atoms with Crippen molar-refractivity contribution in [2.24, 2.45) is 4.99 Å². The van der Waals surface area contributed by atoms with Crippen molar-refractivity contribution < 1.29 is 4.52 Å². The van der Waals surface area contributed by atoms with Crippen LogP contribution in [0.3, 0.4) is 0 Å². The van der Waals surface area contributed by atoms with Crippen LogP contribution in [-0.4, -0.2) is 23.7 Å². The van der Waals surface area contributed by atoms with Gasteiger partial charge in [-0.3, -0.25) is 0 Å². The standard InChI is InChI=1S/C10H16N4O/c1-2-11-10(13-8-3-4-8)12-7-9-5-6-15-14-9/h5-6,8H,2-4,7H2,1H3,(H2,11,12,13). The lowest BCUT2D eigenvalue weighted by Gasteiger charge is -2.09. The lowest BCUT2D eigenvalue weighted by molar-refractivity contribution is 0.412. The monoisotopic (exact) mass is 208 g/mol. The van der Waals surface area contributed by atoms with E-state index in [1.807, 2.05) is 6.07 Å². The zero-order chi connectivity index (χ0) is 10.5. The van der Waals surface area contributed by atoms with E-state index in [0.717, 1.165) is 18.2 Å². The predicted molar refractivity (Wildman–Crippen MR) is 57.5 cm³/mol. The van der Waals surface area contributed by atoms with Crippen LogP contribution in [0.4, 0.5) is 0 Å². The molecule has 0 unspecified atom stereocenters. The van der Waals surface area contributed by atoms with Gasteiger partial charge in [0.15, 0.2) is 5.96 Å². The smallest absolute Gasteiger partial charge is 0.191 e. The number of guanidine groups is 1. The highest BCUT2D eigenvalue weighted by atomic mass is 16.5.